The molecule has 3 nitrogen and oxygen atoms in total. The lowest BCUT2D eigenvalue weighted by molar-refractivity contribution is 0.502. The molecule has 4 heteroatoms. The van der Waals surface area contributed by atoms with Gasteiger partial charge in [-0.3, -0.25) is 0 Å². The lowest BCUT2D eigenvalue weighted by Crippen LogP contribution is -2.13. The van der Waals surface area contributed by atoms with Gasteiger partial charge < -0.3 is 10.2 Å². The molecule has 2 N–H and O–H groups in total. The number of aromatic nitrogens is 1. The van der Waals surface area contributed by atoms with Crippen molar-refractivity contribution in [1.82, 2.24) is 4.98 Å². The highest BCUT2D eigenvalue weighted by molar-refractivity contribution is 9.10. The summed E-state index contributed by atoms with van der Waals surface area (Å²) in [5.41, 5.74) is 8.94. The Kier molecular flexibility index (Phi) is 3.36. The van der Waals surface area contributed by atoms with Crippen molar-refractivity contribution in [3.8, 4) is 0 Å². The van der Waals surface area contributed by atoms with E-state index in [0.717, 1.165) is 21.1 Å². The minimum Gasteiger partial charge on any atom is -0.441 e. The molecule has 1 heterocycles. The predicted octanol–water partition coefficient (Wildman–Crippen LogP) is 3.83. The minimum atomic E-state index is -0.110. The van der Waals surface area contributed by atoms with Crippen LogP contribution in [0.25, 0.3) is 11.1 Å². The van der Waals surface area contributed by atoms with Gasteiger partial charge in [-0.05, 0) is 29.8 Å². The van der Waals surface area contributed by atoms with Crippen molar-refractivity contribution in [2.24, 2.45) is 5.73 Å². The molecule has 0 fully saturated rings. The van der Waals surface area contributed by atoms with Gasteiger partial charge in [-0.1, -0.05) is 40.2 Å². The van der Waals surface area contributed by atoms with Gasteiger partial charge in [0, 0.05) is 16.9 Å². The fourth-order valence-corrected chi connectivity index (χ4v) is 2.29. The Morgan fingerprint density at radius 2 is 1.84 bits per heavy atom. The van der Waals surface area contributed by atoms with Gasteiger partial charge >= 0.3 is 0 Å². The number of para-hydroxylation sites is 2. The summed E-state index contributed by atoms with van der Waals surface area (Å²) < 4.78 is 6.73. The highest BCUT2D eigenvalue weighted by Crippen LogP contribution is 2.21. The monoisotopic (exact) mass is 316 g/mol. The zero-order valence-corrected chi connectivity index (χ0v) is 11.8. The van der Waals surface area contributed by atoms with Crippen molar-refractivity contribution in [2.75, 3.05) is 0 Å². The maximum absolute atomic E-state index is 6.18. The molecule has 19 heavy (non-hydrogen) atoms. The number of fused-ring (bicyclic) bond motifs is 1. The highest BCUT2D eigenvalue weighted by atomic mass is 79.9. The average molecular weight is 317 g/mol. The zero-order valence-electron chi connectivity index (χ0n) is 10.2. The summed E-state index contributed by atoms with van der Waals surface area (Å²) in [6, 6.07) is 15.6. The number of benzene rings is 2. The summed E-state index contributed by atoms with van der Waals surface area (Å²) in [6.45, 7) is 0. The number of hydrogen-bond donors (Lipinski definition) is 1. The smallest absolute Gasteiger partial charge is 0.197 e. The van der Waals surface area contributed by atoms with Crippen LogP contribution in [0.5, 0.6) is 0 Å². The van der Waals surface area contributed by atoms with E-state index in [2.05, 4.69) is 20.9 Å². The Hall–Kier alpha value is -1.65. The van der Waals surface area contributed by atoms with E-state index in [1.807, 2.05) is 48.5 Å². The quantitative estimate of drug-likeness (QED) is 0.798. The number of halogens is 1. The van der Waals surface area contributed by atoms with E-state index < -0.39 is 0 Å². The topological polar surface area (TPSA) is 52.0 Å². The molecule has 0 bridgehead atoms. The summed E-state index contributed by atoms with van der Waals surface area (Å²) in [4.78, 5) is 4.44. The van der Waals surface area contributed by atoms with Gasteiger partial charge in [0.15, 0.2) is 11.5 Å². The van der Waals surface area contributed by atoms with Gasteiger partial charge in [-0.15, -0.1) is 0 Å². The van der Waals surface area contributed by atoms with Crippen molar-refractivity contribution in [3.63, 3.8) is 0 Å². The minimum absolute atomic E-state index is 0.110. The lowest BCUT2D eigenvalue weighted by Gasteiger charge is -2.09. The lowest BCUT2D eigenvalue weighted by atomic mass is 10.1. The molecular weight excluding hydrogens is 304 g/mol. The molecule has 0 aliphatic rings. The van der Waals surface area contributed by atoms with E-state index in [1.54, 1.807) is 0 Å². The number of rotatable bonds is 3. The van der Waals surface area contributed by atoms with Gasteiger partial charge in [0.2, 0.25) is 0 Å². The standard InChI is InChI=1S/C15H13BrN2O/c16-11-7-5-10(6-8-11)12(17)9-15-18-13-3-1-2-4-14(13)19-15/h1-8,12H,9,17H2. The fraction of sp³-hybridized carbons (Fsp3) is 0.133. The molecular formula is C15H13BrN2O. The second kappa shape index (κ2) is 5.15. The first-order chi connectivity index (χ1) is 9.22. The van der Waals surface area contributed by atoms with E-state index >= 15 is 0 Å². The molecule has 1 unspecified atom stereocenters. The summed E-state index contributed by atoms with van der Waals surface area (Å²) in [5, 5.41) is 0. The van der Waals surface area contributed by atoms with Crippen LogP contribution in [0.4, 0.5) is 0 Å². The van der Waals surface area contributed by atoms with Crippen LogP contribution < -0.4 is 5.73 Å². The molecule has 3 rings (SSSR count). The van der Waals surface area contributed by atoms with Crippen LogP contribution in [0.1, 0.15) is 17.5 Å². The molecule has 96 valence electrons. The van der Waals surface area contributed by atoms with E-state index in [1.165, 1.54) is 0 Å². The molecule has 2 aromatic carbocycles. The largest absolute Gasteiger partial charge is 0.441 e. The normalized spacial score (nSPS) is 12.7. The second-order valence-electron chi connectivity index (χ2n) is 4.44. The Bertz CT molecular complexity index is 658. The van der Waals surface area contributed by atoms with Crippen LogP contribution >= 0.6 is 15.9 Å². The van der Waals surface area contributed by atoms with E-state index in [4.69, 9.17) is 10.2 Å². The molecule has 0 aliphatic heterocycles. The Morgan fingerprint density at radius 3 is 2.58 bits per heavy atom. The number of nitrogens with zero attached hydrogens (tertiary/aromatic N) is 1. The van der Waals surface area contributed by atoms with Crippen LogP contribution in [-0.2, 0) is 6.42 Å². The van der Waals surface area contributed by atoms with Crippen molar-refractivity contribution >= 4 is 27.0 Å². The molecule has 0 spiro atoms. The Labute approximate surface area is 119 Å². The van der Waals surface area contributed by atoms with E-state index in [9.17, 15) is 0 Å². The number of oxazole rings is 1. The predicted molar refractivity (Wildman–Crippen MR) is 78.8 cm³/mol. The van der Waals surface area contributed by atoms with Crippen LogP contribution in [0.2, 0.25) is 0 Å². The van der Waals surface area contributed by atoms with Gasteiger partial charge in [0.25, 0.3) is 0 Å². The molecule has 0 radical (unpaired) electrons. The Morgan fingerprint density at radius 1 is 1.11 bits per heavy atom. The molecule has 0 amide bonds. The average Bonchev–Trinajstić information content (AvgIpc) is 2.81. The fourth-order valence-electron chi connectivity index (χ4n) is 2.02. The number of hydrogen-bond acceptors (Lipinski definition) is 3. The highest BCUT2D eigenvalue weighted by Gasteiger charge is 2.12. The molecule has 0 saturated heterocycles. The van der Waals surface area contributed by atoms with Crippen molar-refractivity contribution < 1.29 is 4.42 Å². The first kappa shape index (κ1) is 12.4. The second-order valence-corrected chi connectivity index (χ2v) is 5.35. The van der Waals surface area contributed by atoms with Crippen LogP contribution in [0.3, 0.4) is 0 Å². The van der Waals surface area contributed by atoms with Gasteiger partial charge in [0.05, 0.1) is 0 Å². The van der Waals surface area contributed by atoms with E-state index in [-0.39, 0.29) is 6.04 Å². The van der Waals surface area contributed by atoms with Crippen LogP contribution in [-0.4, -0.2) is 4.98 Å². The van der Waals surface area contributed by atoms with Gasteiger partial charge in [0.1, 0.15) is 5.52 Å². The SMILES string of the molecule is NC(Cc1nc2ccccc2o1)c1ccc(Br)cc1. The molecule has 0 saturated carbocycles. The molecule has 1 atom stereocenters. The first-order valence-corrected chi connectivity index (χ1v) is 6.87. The third-order valence-corrected chi connectivity index (χ3v) is 3.56. The van der Waals surface area contributed by atoms with Crippen molar-refractivity contribution in [3.05, 3.63) is 64.5 Å². The Balaban J connectivity index is 1.82. The van der Waals surface area contributed by atoms with Gasteiger partial charge in [-0.2, -0.15) is 0 Å². The maximum Gasteiger partial charge on any atom is 0.197 e. The summed E-state index contributed by atoms with van der Waals surface area (Å²) in [6.07, 6.45) is 0.594. The zero-order chi connectivity index (χ0) is 13.2. The third-order valence-electron chi connectivity index (χ3n) is 3.03. The molecule has 0 aliphatic carbocycles. The van der Waals surface area contributed by atoms with Crippen molar-refractivity contribution in [2.45, 2.75) is 12.5 Å². The van der Waals surface area contributed by atoms with Crippen LogP contribution in [0, 0.1) is 0 Å². The van der Waals surface area contributed by atoms with Gasteiger partial charge in [-0.25, -0.2) is 4.98 Å². The summed E-state index contributed by atoms with van der Waals surface area (Å²) in [7, 11) is 0. The molecule has 3 aromatic rings. The summed E-state index contributed by atoms with van der Waals surface area (Å²) >= 11 is 3.41. The maximum atomic E-state index is 6.18. The summed E-state index contributed by atoms with van der Waals surface area (Å²) in [5.74, 6) is 0.677. The number of nitrogens with two attached hydrogens (primary N) is 1. The molecule has 1 aromatic heterocycles. The van der Waals surface area contributed by atoms with E-state index in [0.29, 0.717) is 12.3 Å². The third kappa shape index (κ3) is 2.69. The first-order valence-electron chi connectivity index (χ1n) is 6.08. The van der Waals surface area contributed by atoms with Crippen LogP contribution in [0.15, 0.2) is 57.4 Å². The van der Waals surface area contributed by atoms with Crippen molar-refractivity contribution in [1.29, 1.82) is 0 Å².